The molecule has 2 aliphatic rings. The highest BCUT2D eigenvalue weighted by Crippen LogP contribution is 2.48. The van der Waals surface area contributed by atoms with E-state index in [-0.39, 0.29) is 18.2 Å². The van der Waals surface area contributed by atoms with Gasteiger partial charge in [-0.1, -0.05) is 6.92 Å². The minimum absolute atomic E-state index is 0.0325. The quantitative estimate of drug-likeness (QED) is 0.831. The molecule has 23 heavy (non-hydrogen) atoms. The Hall–Kier alpha value is -1.60. The van der Waals surface area contributed by atoms with Crippen molar-refractivity contribution in [1.82, 2.24) is 4.31 Å². The number of hydrogen-bond donors (Lipinski definition) is 0. The van der Waals surface area contributed by atoms with E-state index in [2.05, 4.69) is 0 Å². The zero-order valence-electron chi connectivity index (χ0n) is 13.7. The van der Waals surface area contributed by atoms with Crippen LogP contribution in [0.3, 0.4) is 0 Å². The number of methoxy groups -OCH3 is 1. The summed E-state index contributed by atoms with van der Waals surface area (Å²) in [6.07, 6.45) is 1.09. The van der Waals surface area contributed by atoms with Crippen LogP contribution in [0.1, 0.15) is 25.3 Å². The normalized spacial score (nSPS) is 24.5. The Morgan fingerprint density at radius 1 is 1.35 bits per heavy atom. The van der Waals surface area contributed by atoms with Crippen molar-refractivity contribution >= 4 is 21.6 Å². The second kappa shape index (κ2) is 5.49. The highest BCUT2D eigenvalue weighted by atomic mass is 32.2. The fourth-order valence-electron chi connectivity index (χ4n) is 3.66. The molecule has 0 unspecified atom stereocenters. The van der Waals surface area contributed by atoms with E-state index in [9.17, 15) is 13.2 Å². The van der Waals surface area contributed by atoms with Crippen molar-refractivity contribution in [2.75, 3.05) is 37.9 Å². The Balaban J connectivity index is 2.03. The molecule has 0 saturated carbocycles. The van der Waals surface area contributed by atoms with Crippen LogP contribution in [0.15, 0.2) is 18.2 Å². The first-order chi connectivity index (χ1) is 10.9. The summed E-state index contributed by atoms with van der Waals surface area (Å²) in [4.78, 5) is 14.5. The summed E-state index contributed by atoms with van der Waals surface area (Å²) in [6, 6.07) is 5.55. The summed E-state index contributed by atoms with van der Waals surface area (Å²) < 4.78 is 31.5. The maximum atomic E-state index is 12.9. The summed E-state index contributed by atoms with van der Waals surface area (Å²) >= 11 is 0. The lowest BCUT2D eigenvalue weighted by Gasteiger charge is -2.23. The zero-order valence-corrected chi connectivity index (χ0v) is 14.5. The summed E-state index contributed by atoms with van der Waals surface area (Å²) in [7, 11) is 0.0252. The van der Waals surface area contributed by atoms with Gasteiger partial charge in [-0.25, -0.2) is 12.7 Å². The lowest BCUT2D eigenvalue weighted by Crippen LogP contribution is -2.42. The van der Waals surface area contributed by atoms with Gasteiger partial charge < -0.3 is 9.64 Å². The summed E-state index contributed by atoms with van der Waals surface area (Å²) in [5.74, 6) is 0.772. The first kappa shape index (κ1) is 16.3. The molecule has 0 N–H and O–H groups in total. The molecular weight excluding hydrogens is 316 g/mol. The molecule has 0 aliphatic carbocycles. The van der Waals surface area contributed by atoms with Gasteiger partial charge >= 0.3 is 0 Å². The van der Waals surface area contributed by atoms with E-state index in [1.807, 2.05) is 25.1 Å². The van der Waals surface area contributed by atoms with Crippen LogP contribution in [0.25, 0.3) is 0 Å². The molecule has 1 aromatic rings. The average Bonchev–Trinajstić information content (AvgIpc) is 3.06. The van der Waals surface area contributed by atoms with Crippen LogP contribution >= 0.6 is 0 Å². The number of rotatable bonds is 4. The van der Waals surface area contributed by atoms with Crippen LogP contribution in [-0.4, -0.2) is 51.6 Å². The maximum absolute atomic E-state index is 12.9. The van der Waals surface area contributed by atoms with E-state index in [0.717, 1.165) is 11.3 Å². The maximum Gasteiger partial charge on any atom is 0.238 e. The van der Waals surface area contributed by atoms with Gasteiger partial charge in [0, 0.05) is 25.8 Å². The average molecular weight is 338 g/mol. The Bertz CT molecular complexity index is 746. The van der Waals surface area contributed by atoms with Crippen molar-refractivity contribution in [2.45, 2.75) is 25.2 Å². The first-order valence-electron chi connectivity index (χ1n) is 7.80. The van der Waals surface area contributed by atoms with E-state index in [1.54, 1.807) is 19.1 Å². The second-order valence-electron chi connectivity index (χ2n) is 6.23. The molecule has 1 fully saturated rings. The minimum Gasteiger partial charge on any atom is -0.497 e. The summed E-state index contributed by atoms with van der Waals surface area (Å²) in [5.41, 5.74) is 0.934. The number of benzene rings is 1. The third kappa shape index (κ3) is 2.33. The van der Waals surface area contributed by atoms with Crippen LogP contribution in [0.5, 0.6) is 5.75 Å². The minimum atomic E-state index is -3.30. The zero-order chi connectivity index (χ0) is 16.8. The molecule has 0 bridgehead atoms. The van der Waals surface area contributed by atoms with Gasteiger partial charge in [-0.05, 0) is 36.6 Å². The molecule has 1 spiro atoms. The van der Waals surface area contributed by atoms with E-state index in [4.69, 9.17) is 4.74 Å². The predicted octanol–water partition coefficient (Wildman–Crippen LogP) is 1.35. The van der Waals surface area contributed by atoms with Crippen molar-refractivity contribution in [2.24, 2.45) is 0 Å². The van der Waals surface area contributed by atoms with Gasteiger partial charge in [-0.2, -0.15) is 0 Å². The molecule has 1 atom stereocenters. The Morgan fingerprint density at radius 3 is 2.74 bits per heavy atom. The van der Waals surface area contributed by atoms with Crippen LogP contribution in [-0.2, 0) is 20.2 Å². The number of amides is 1. The second-order valence-corrected chi connectivity index (χ2v) is 8.32. The van der Waals surface area contributed by atoms with E-state index >= 15 is 0 Å². The Labute approximate surface area is 137 Å². The standard InChI is InChI=1S/C16H22N2O4S/c1-4-9-23(20,21)18-8-7-16(11-18)13-10-12(22-3)5-6-14(13)17(2)15(16)19/h5-6,10H,4,7-9,11H2,1-3H3/t16-/m1/s1. The number of carbonyl (C=O) groups excluding carboxylic acids is 1. The molecule has 3 rings (SSSR count). The highest BCUT2D eigenvalue weighted by Gasteiger charge is 2.55. The highest BCUT2D eigenvalue weighted by molar-refractivity contribution is 7.89. The molecule has 126 valence electrons. The molecule has 2 aliphatic heterocycles. The van der Waals surface area contributed by atoms with E-state index in [0.29, 0.717) is 25.1 Å². The third-order valence-electron chi connectivity index (χ3n) is 4.88. The largest absolute Gasteiger partial charge is 0.497 e. The number of hydrogen-bond acceptors (Lipinski definition) is 4. The van der Waals surface area contributed by atoms with Crippen LogP contribution in [0.4, 0.5) is 5.69 Å². The number of nitrogens with zero attached hydrogens (tertiary/aromatic N) is 2. The van der Waals surface area contributed by atoms with Crippen molar-refractivity contribution in [3.05, 3.63) is 23.8 Å². The fraction of sp³-hybridized carbons (Fsp3) is 0.562. The van der Waals surface area contributed by atoms with Crippen molar-refractivity contribution in [1.29, 1.82) is 0 Å². The van der Waals surface area contributed by atoms with Gasteiger partial charge in [0.05, 0.1) is 18.3 Å². The fourth-order valence-corrected chi connectivity index (χ4v) is 5.22. The molecule has 1 amide bonds. The molecule has 6 nitrogen and oxygen atoms in total. The van der Waals surface area contributed by atoms with Gasteiger partial charge in [-0.15, -0.1) is 0 Å². The number of ether oxygens (including phenoxy) is 1. The van der Waals surface area contributed by atoms with Crippen molar-refractivity contribution in [3.63, 3.8) is 0 Å². The van der Waals surface area contributed by atoms with Crippen LogP contribution in [0.2, 0.25) is 0 Å². The Morgan fingerprint density at radius 2 is 2.09 bits per heavy atom. The molecule has 0 radical (unpaired) electrons. The molecule has 7 heteroatoms. The molecule has 1 aromatic carbocycles. The Kier molecular flexibility index (Phi) is 3.88. The summed E-state index contributed by atoms with van der Waals surface area (Å²) in [6.45, 7) is 2.45. The van der Waals surface area contributed by atoms with E-state index in [1.165, 1.54) is 4.31 Å². The van der Waals surface area contributed by atoms with Gasteiger partial charge in [-0.3, -0.25) is 4.79 Å². The lowest BCUT2D eigenvalue weighted by molar-refractivity contribution is -0.122. The molecule has 0 aromatic heterocycles. The van der Waals surface area contributed by atoms with Crippen molar-refractivity contribution < 1.29 is 17.9 Å². The lowest BCUT2D eigenvalue weighted by atomic mass is 9.81. The molecule has 2 heterocycles. The van der Waals surface area contributed by atoms with Gasteiger partial charge in [0.1, 0.15) is 5.75 Å². The van der Waals surface area contributed by atoms with Crippen LogP contribution in [0, 0.1) is 0 Å². The van der Waals surface area contributed by atoms with E-state index < -0.39 is 15.4 Å². The number of likely N-dealkylation sites (N-methyl/N-ethyl adjacent to an activating group) is 1. The van der Waals surface area contributed by atoms with Gasteiger partial charge in [0.15, 0.2) is 0 Å². The number of sulfonamides is 1. The number of fused-ring (bicyclic) bond motifs is 2. The van der Waals surface area contributed by atoms with Crippen molar-refractivity contribution in [3.8, 4) is 5.75 Å². The molecule has 1 saturated heterocycles. The smallest absolute Gasteiger partial charge is 0.238 e. The predicted molar refractivity (Wildman–Crippen MR) is 88.3 cm³/mol. The van der Waals surface area contributed by atoms with Gasteiger partial charge in [0.2, 0.25) is 15.9 Å². The third-order valence-corrected chi connectivity index (χ3v) is 6.91. The van der Waals surface area contributed by atoms with Gasteiger partial charge in [0.25, 0.3) is 0 Å². The topological polar surface area (TPSA) is 66.9 Å². The monoisotopic (exact) mass is 338 g/mol. The number of anilines is 1. The number of carbonyl (C=O) groups is 1. The first-order valence-corrected chi connectivity index (χ1v) is 9.41. The summed E-state index contributed by atoms with van der Waals surface area (Å²) in [5, 5.41) is 0. The molecular formula is C16H22N2O4S. The van der Waals surface area contributed by atoms with Crippen LogP contribution < -0.4 is 9.64 Å². The SMILES string of the molecule is CCCS(=O)(=O)N1CC[C@]2(C1)C(=O)N(C)c1ccc(OC)cc12.